The summed E-state index contributed by atoms with van der Waals surface area (Å²) in [7, 11) is 0. The van der Waals surface area contributed by atoms with Crippen LogP contribution in [0.25, 0.3) is 0 Å². The smallest absolute Gasteiger partial charge is 0.317 e. The minimum Gasteiger partial charge on any atom is -0.484 e. The van der Waals surface area contributed by atoms with Gasteiger partial charge in [-0.1, -0.05) is 18.2 Å². The SMILES string of the molecule is O=C(O)CN1Cc2ccccc2OC(c2ccsc2)C1. The summed E-state index contributed by atoms with van der Waals surface area (Å²) in [5.74, 6) is 0.0324. The van der Waals surface area contributed by atoms with Crippen molar-refractivity contribution in [3.63, 3.8) is 0 Å². The largest absolute Gasteiger partial charge is 0.484 e. The van der Waals surface area contributed by atoms with E-state index in [0.29, 0.717) is 13.1 Å². The molecule has 1 atom stereocenters. The number of hydrogen-bond donors (Lipinski definition) is 1. The van der Waals surface area contributed by atoms with E-state index >= 15 is 0 Å². The van der Waals surface area contributed by atoms with Gasteiger partial charge in [-0.25, -0.2) is 0 Å². The summed E-state index contributed by atoms with van der Waals surface area (Å²) in [5.41, 5.74) is 2.13. The Balaban J connectivity index is 1.91. The van der Waals surface area contributed by atoms with Gasteiger partial charge in [0.25, 0.3) is 0 Å². The summed E-state index contributed by atoms with van der Waals surface area (Å²) in [6.07, 6.45) is -0.121. The van der Waals surface area contributed by atoms with E-state index in [1.54, 1.807) is 11.3 Å². The van der Waals surface area contributed by atoms with Gasteiger partial charge in [-0.2, -0.15) is 11.3 Å². The molecule has 2 heterocycles. The normalized spacial score (nSPS) is 18.9. The highest BCUT2D eigenvalue weighted by Crippen LogP contribution is 2.31. The van der Waals surface area contributed by atoms with Gasteiger partial charge in [-0.3, -0.25) is 9.69 Å². The fourth-order valence-electron chi connectivity index (χ4n) is 2.42. The molecular weight excluding hydrogens is 274 g/mol. The minimum atomic E-state index is -0.812. The number of thiophene rings is 1. The number of fused-ring (bicyclic) bond motifs is 1. The average molecular weight is 289 g/mol. The third-order valence-electron chi connectivity index (χ3n) is 3.33. The molecule has 1 aromatic carbocycles. The van der Waals surface area contributed by atoms with E-state index in [4.69, 9.17) is 9.84 Å². The van der Waals surface area contributed by atoms with Crippen molar-refractivity contribution in [2.75, 3.05) is 13.1 Å². The van der Waals surface area contributed by atoms with Crippen molar-refractivity contribution in [3.8, 4) is 5.75 Å². The minimum absolute atomic E-state index is 0.0261. The molecule has 0 saturated carbocycles. The van der Waals surface area contributed by atoms with Gasteiger partial charge in [-0.15, -0.1) is 0 Å². The van der Waals surface area contributed by atoms with E-state index in [-0.39, 0.29) is 12.6 Å². The summed E-state index contributed by atoms with van der Waals surface area (Å²) >= 11 is 1.62. The fraction of sp³-hybridized carbons (Fsp3) is 0.267. The molecule has 1 aromatic heterocycles. The van der Waals surface area contributed by atoms with E-state index in [9.17, 15) is 4.79 Å². The summed E-state index contributed by atoms with van der Waals surface area (Å²) in [6.45, 7) is 1.21. The molecule has 2 aromatic rings. The summed E-state index contributed by atoms with van der Waals surface area (Å²) in [4.78, 5) is 12.9. The van der Waals surface area contributed by atoms with Crippen molar-refractivity contribution in [1.82, 2.24) is 4.90 Å². The molecule has 0 bridgehead atoms. The van der Waals surface area contributed by atoms with Crippen LogP contribution in [0.15, 0.2) is 41.1 Å². The third kappa shape index (κ3) is 2.84. The number of ether oxygens (including phenoxy) is 1. The van der Waals surface area contributed by atoms with Gasteiger partial charge in [0.15, 0.2) is 0 Å². The predicted octanol–water partition coefficient (Wildman–Crippen LogP) is 2.77. The monoisotopic (exact) mass is 289 g/mol. The Morgan fingerprint density at radius 1 is 1.40 bits per heavy atom. The van der Waals surface area contributed by atoms with Gasteiger partial charge >= 0.3 is 5.97 Å². The fourth-order valence-corrected chi connectivity index (χ4v) is 3.13. The molecule has 0 saturated heterocycles. The Morgan fingerprint density at radius 2 is 2.25 bits per heavy atom. The van der Waals surface area contributed by atoms with Crippen LogP contribution in [0.3, 0.4) is 0 Å². The zero-order chi connectivity index (χ0) is 13.9. The number of aliphatic carboxylic acids is 1. The second kappa shape index (κ2) is 5.64. The molecule has 4 nitrogen and oxygen atoms in total. The highest BCUT2D eigenvalue weighted by molar-refractivity contribution is 7.07. The Bertz CT molecular complexity index is 597. The quantitative estimate of drug-likeness (QED) is 0.944. The number of para-hydroxylation sites is 1. The molecule has 3 rings (SSSR count). The maximum absolute atomic E-state index is 11.0. The molecule has 1 N–H and O–H groups in total. The standard InChI is InChI=1S/C15H15NO3S/c17-15(18)9-16-7-11-3-1-2-4-13(11)19-14(8-16)12-5-6-20-10-12/h1-6,10,14H,7-9H2,(H,17,18). The van der Waals surface area contributed by atoms with Crippen LogP contribution in [0.4, 0.5) is 0 Å². The first kappa shape index (κ1) is 13.1. The first-order chi connectivity index (χ1) is 9.72. The Hall–Kier alpha value is -1.85. The van der Waals surface area contributed by atoms with Crippen LogP contribution in [0, 0.1) is 0 Å². The van der Waals surface area contributed by atoms with Gasteiger partial charge < -0.3 is 9.84 Å². The van der Waals surface area contributed by atoms with Crippen molar-refractivity contribution in [1.29, 1.82) is 0 Å². The van der Waals surface area contributed by atoms with Gasteiger partial charge in [-0.05, 0) is 22.9 Å². The second-order valence-corrected chi connectivity index (χ2v) is 5.61. The van der Waals surface area contributed by atoms with E-state index < -0.39 is 5.97 Å². The molecule has 0 spiro atoms. The van der Waals surface area contributed by atoms with Crippen molar-refractivity contribution in [2.24, 2.45) is 0 Å². The highest BCUT2D eigenvalue weighted by atomic mass is 32.1. The number of rotatable bonds is 3. The lowest BCUT2D eigenvalue weighted by atomic mass is 10.2. The van der Waals surface area contributed by atoms with Crippen LogP contribution in [0.5, 0.6) is 5.75 Å². The molecular formula is C15H15NO3S. The highest BCUT2D eigenvalue weighted by Gasteiger charge is 2.25. The number of benzene rings is 1. The lowest BCUT2D eigenvalue weighted by Crippen LogP contribution is -2.32. The van der Waals surface area contributed by atoms with Gasteiger partial charge in [0.1, 0.15) is 11.9 Å². The molecule has 1 aliphatic heterocycles. The van der Waals surface area contributed by atoms with E-state index in [1.165, 1.54) is 0 Å². The predicted molar refractivity (Wildman–Crippen MR) is 77.0 cm³/mol. The molecule has 104 valence electrons. The number of carboxylic acid groups (broad SMARTS) is 1. The number of carbonyl (C=O) groups is 1. The van der Waals surface area contributed by atoms with Gasteiger partial charge in [0, 0.05) is 24.2 Å². The van der Waals surface area contributed by atoms with Crippen LogP contribution in [-0.2, 0) is 11.3 Å². The number of hydrogen-bond acceptors (Lipinski definition) is 4. The zero-order valence-electron chi connectivity index (χ0n) is 10.9. The Labute approximate surface area is 121 Å². The molecule has 0 radical (unpaired) electrons. The lowest BCUT2D eigenvalue weighted by Gasteiger charge is -2.21. The summed E-state index contributed by atoms with van der Waals surface area (Å²) < 4.78 is 6.09. The average Bonchev–Trinajstić information content (AvgIpc) is 2.87. The van der Waals surface area contributed by atoms with E-state index in [0.717, 1.165) is 16.9 Å². The summed E-state index contributed by atoms with van der Waals surface area (Å²) in [5, 5.41) is 13.1. The zero-order valence-corrected chi connectivity index (χ0v) is 11.7. The Kier molecular flexibility index (Phi) is 3.71. The van der Waals surface area contributed by atoms with Crippen LogP contribution in [-0.4, -0.2) is 29.1 Å². The van der Waals surface area contributed by atoms with Gasteiger partial charge in [0.2, 0.25) is 0 Å². The number of carboxylic acids is 1. The first-order valence-corrected chi connectivity index (χ1v) is 7.37. The maximum Gasteiger partial charge on any atom is 0.317 e. The molecule has 5 heteroatoms. The summed E-state index contributed by atoms with van der Waals surface area (Å²) in [6, 6.07) is 9.85. The Morgan fingerprint density at radius 3 is 3.00 bits per heavy atom. The lowest BCUT2D eigenvalue weighted by molar-refractivity contribution is -0.138. The van der Waals surface area contributed by atoms with Crippen molar-refractivity contribution < 1.29 is 14.6 Å². The molecule has 0 fully saturated rings. The van der Waals surface area contributed by atoms with E-state index in [2.05, 4.69) is 5.38 Å². The van der Waals surface area contributed by atoms with Crippen molar-refractivity contribution >= 4 is 17.3 Å². The molecule has 20 heavy (non-hydrogen) atoms. The van der Waals surface area contributed by atoms with Crippen LogP contribution in [0.2, 0.25) is 0 Å². The first-order valence-electron chi connectivity index (χ1n) is 6.43. The van der Waals surface area contributed by atoms with Crippen molar-refractivity contribution in [2.45, 2.75) is 12.6 Å². The molecule has 1 aliphatic rings. The van der Waals surface area contributed by atoms with Crippen LogP contribution < -0.4 is 4.74 Å². The van der Waals surface area contributed by atoms with Gasteiger partial charge in [0.05, 0.1) is 6.54 Å². The topological polar surface area (TPSA) is 49.8 Å². The number of nitrogens with zero attached hydrogens (tertiary/aromatic N) is 1. The van der Waals surface area contributed by atoms with Crippen LogP contribution in [0.1, 0.15) is 17.2 Å². The second-order valence-electron chi connectivity index (χ2n) is 4.83. The van der Waals surface area contributed by atoms with Crippen molar-refractivity contribution in [3.05, 3.63) is 52.2 Å². The molecule has 1 unspecified atom stereocenters. The molecule has 0 amide bonds. The third-order valence-corrected chi connectivity index (χ3v) is 4.04. The van der Waals surface area contributed by atoms with E-state index in [1.807, 2.05) is 40.6 Å². The molecule has 0 aliphatic carbocycles. The maximum atomic E-state index is 11.0. The van der Waals surface area contributed by atoms with Crippen LogP contribution >= 0.6 is 11.3 Å².